The summed E-state index contributed by atoms with van der Waals surface area (Å²) in [5, 5.41) is 13.3. The Bertz CT molecular complexity index is 562. The number of nitrogens with zero attached hydrogens (tertiary/aromatic N) is 1. The van der Waals surface area contributed by atoms with E-state index in [0.29, 0.717) is 15.6 Å². The van der Waals surface area contributed by atoms with Gasteiger partial charge in [0.1, 0.15) is 0 Å². The molecular formula is C13H11ClN2OS. The average Bonchev–Trinajstić information content (AvgIpc) is 2.37. The molecule has 0 spiro atoms. The Kier molecular flexibility index (Phi) is 3.95. The standard InChI is InChI=1S/C13H11ClN2OS/c1-18-13-11(7-15)10(6-12(17)16-13)8-3-2-4-9(14)5-8/h2-5,10H,6H2,1H3,(H,16,17)/t10-/m0/s1. The molecule has 0 aromatic heterocycles. The van der Waals surface area contributed by atoms with E-state index >= 15 is 0 Å². The van der Waals surface area contributed by atoms with Gasteiger partial charge in [0.05, 0.1) is 16.7 Å². The summed E-state index contributed by atoms with van der Waals surface area (Å²) in [6, 6.07) is 9.50. The lowest BCUT2D eigenvalue weighted by Crippen LogP contribution is -2.30. The molecule has 18 heavy (non-hydrogen) atoms. The van der Waals surface area contributed by atoms with Crippen molar-refractivity contribution < 1.29 is 4.79 Å². The van der Waals surface area contributed by atoms with Crippen LogP contribution in [0, 0.1) is 11.3 Å². The second-order valence-corrected chi connectivity index (χ2v) is 5.17. The number of amides is 1. The van der Waals surface area contributed by atoms with E-state index in [1.54, 1.807) is 12.1 Å². The monoisotopic (exact) mass is 278 g/mol. The fourth-order valence-electron chi connectivity index (χ4n) is 1.99. The van der Waals surface area contributed by atoms with Crippen LogP contribution in [-0.4, -0.2) is 12.2 Å². The van der Waals surface area contributed by atoms with E-state index in [1.807, 2.05) is 18.4 Å². The number of carbonyl (C=O) groups excluding carboxylic acids is 1. The summed E-state index contributed by atoms with van der Waals surface area (Å²) >= 11 is 7.33. The minimum atomic E-state index is -0.204. The highest BCUT2D eigenvalue weighted by Gasteiger charge is 2.28. The SMILES string of the molecule is CSC1=C(C#N)[C@H](c2cccc(Cl)c2)CC(=O)N1. The van der Waals surface area contributed by atoms with E-state index < -0.39 is 0 Å². The molecule has 0 saturated heterocycles. The molecule has 1 aliphatic rings. The van der Waals surface area contributed by atoms with Gasteiger partial charge >= 0.3 is 0 Å². The second-order valence-electron chi connectivity index (χ2n) is 3.92. The Balaban J connectivity index is 2.48. The summed E-state index contributed by atoms with van der Waals surface area (Å²) in [5.74, 6) is -0.270. The molecule has 1 aromatic carbocycles. The van der Waals surface area contributed by atoms with Gasteiger partial charge in [0.25, 0.3) is 0 Å². The van der Waals surface area contributed by atoms with Crippen LogP contribution in [0.4, 0.5) is 0 Å². The third-order valence-electron chi connectivity index (χ3n) is 2.81. The van der Waals surface area contributed by atoms with Gasteiger partial charge in [-0.25, -0.2) is 0 Å². The Hall–Kier alpha value is -1.44. The Labute approximate surface area is 115 Å². The van der Waals surface area contributed by atoms with Crippen molar-refractivity contribution in [2.24, 2.45) is 0 Å². The largest absolute Gasteiger partial charge is 0.320 e. The number of hydrogen-bond donors (Lipinski definition) is 1. The summed E-state index contributed by atoms with van der Waals surface area (Å²) in [7, 11) is 0. The lowest BCUT2D eigenvalue weighted by Gasteiger charge is -2.24. The van der Waals surface area contributed by atoms with Crippen molar-refractivity contribution in [2.45, 2.75) is 12.3 Å². The van der Waals surface area contributed by atoms with Gasteiger partial charge in [-0.2, -0.15) is 5.26 Å². The van der Waals surface area contributed by atoms with Gasteiger partial charge < -0.3 is 5.32 Å². The molecule has 5 heteroatoms. The molecule has 1 atom stereocenters. The summed E-state index contributed by atoms with van der Waals surface area (Å²) in [4.78, 5) is 11.7. The number of hydrogen-bond acceptors (Lipinski definition) is 3. The van der Waals surface area contributed by atoms with E-state index in [1.165, 1.54) is 11.8 Å². The van der Waals surface area contributed by atoms with Crippen LogP contribution in [-0.2, 0) is 4.79 Å². The third kappa shape index (κ3) is 2.53. The molecule has 1 heterocycles. The van der Waals surface area contributed by atoms with Crippen molar-refractivity contribution in [1.29, 1.82) is 5.26 Å². The number of benzene rings is 1. The normalized spacial score (nSPS) is 19.4. The van der Waals surface area contributed by atoms with Crippen LogP contribution in [0.3, 0.4) is 0 Å². The zero-order chi connectivity index (χ0) is 13.1. The van der Waals surface area contributed by atoms with Crippen molar-refractivity contribution in [2.75, 3.05) is 6.26 Å². The van der Waals surface area contributed by atoms with Crippen molar-refractivity contribution in [3.05, 3.63) is 45.5 Å². The zero-order valence-electron chi connectivity index (χ0n) is 9.74. The molecule has 0 radical (unpaired) electrons. The Morgan fingerprint density at radius 1 is 1.56 bits per heavy atom. The quantitative estimate of drug-likeness (QED) is 0.905. The summed E-state index contributed by atoms with van der Waals surface area (Å²) < 4.78 is 0. The number of allylic oxidation sites excluding steroid dienone is 1. The maximum atomic E-state index is 11.7. The number of thioether (sulfide) groups is 1. The highest BCUT2D eigenvalue weighted by atomic mass is 35.5. The van der Waals surface area contributed by atoms with Crippen molar-refractivity contribution in [3.63, 3.8) is 0 Å². The first-order valence-corrected chi connectivity index (χ1v) is 6.99. The van der Waals surface area contributed by atoms with Crippen molar-refractivity contribution in [1.82, 2.24) is 5.32 Å². The topological polar surface area (TPSA) is 52.9 Å². The van der Waals surface area contributed by atoms with Crippen LogP contribution in [0.15, 0.2) is 34.9 Å². The fraction of sp³-hybridized carbons (Fsp3) is 0.231. The molecule has 1 amide bonds. The average molecular weight is 279 g/mol. The number of nitriles is 1. The number of halogens is 1. The molecule has 2 rings (SSSR count). The first kappa shape index (κ1) is 13.0. The molecule has 0 unspecified atom stereocenters. The minimum Gasteiger partial charge on any atom is -0.320 e. The van der Waals surface area contributed by atoms with Crippen LogP contribution >= 0.6 is 23.4 Å². The van der Waals surface area contributed by atoms with E-state index in [4.69, 9.17) is 11.6 Å². The summed E-state index contributed by atoms with van der Waals surface area (Å²) in [6.07, 6.45) is 2.13. The molecule has 1 aromatic rings. The molecule has 0 bridgehead atoms. The smallest absolute Gasteiger partial charge is 0.225 e. The maximum absolute atomic E-state index is 11.7. The highest BCUT2D eigenvalue weighted by molar-refractivity contribution is 8.02. The van der Waals surface area contributed by atoms with Gasteiger partial charge in [-0.1, -0.05) is 23.7 Å². The van der Waals surface area contributed by atoms with E-state index in [0.717, 1.165) is 5.56 Å². The predicted molar refractivity (Wildman–Crippen MR) is 73.1 cm³/mol. The first-order chi connectivity index (χ1) is 8.65. The fourth-order valence-corrected chi connectivity index (χ4v) is 2.81. The van der Waals surface area contributed by atoms with Crippen molar-refractivity contribution >= 4 is 29.3 Å². The van der Waals surface area contributed by atoms with Crippen LogP contribution in [0.2, 0.25) is 5.02 Å². The molecule has 92 valence electrons. The van der Waals surface area contributed by atoms with Gasteiger partial charge in [0.2, 0.25) is 5.91 Å². The van der Waals surface area contributed by atoms with Gasteiger partial charge in [-0.3, -0.25) is 4.79 Å². The predicted octanol–water partition coefficient (Wildman–Crippen LogP) is 3.04. The lowest BCUT2D eigenvalue weighted by atomic mass is 9.87. The maximum Gasteiger partial charge on any atom is 0.225 e. The molecule has 0 aliphatic carbocycles. The van der Waals surface area contributed by atoms with Crippen LogP contribution in [0.25, 0.3) is 0 Å². The molecular weight excluding hydrogens is 268 g/mol. The van der Waals surface area contributed by atoms with E-state index in [9.17, 15) is 10.1 Å². The van der Waals surface area contributed by atoms with E-state index in [-0.39, 0.29) is 18.2 Å². The van der Waals surface area contributed by atoms with Gasteiger partial charge in [0, 0.05) is 17.4 Å². The zero-order valence-corrected chi connectivity index (χ0v) is 11.3. The summed E-state index contributed by atoms with van der Waals surface area (Å²) in [6.45, 7) is 0. The number of nitrogens with one attached hydrogen (secondary N) is 1. The number of carbonyl (C=O) groups is 1. The first-order valence-electron chi connectivity index (χ1n) is 5.39. The minimum absolute atomic E-state index is 0.0664. The second kappa shape index (κ2) is 5.47. The highest BCUT2D eigenvalue weighted by Crippen LogP contribution is 2.35. The molecule has 3 nitrogen and oxygen atoms in total. The lowest BCUT2D eigenvalue weighted by molar-refractivity contribution is -0.120. The Morgan fingerprint density at radius 3 is 2.94 bits per heavy atom. The van der Waals surface area contributed by atoms with Crippen LogP contribution in [0.5, 0.6) is 0 Å². The third-order valence-corrected chi connectivity index (χ3v) is 3.78. The van der Waals surface area contributed by atoms with Gasteiger partial charge in [0.15, 0.2) is 0 Å². The number of rotatable bonds is 2. The summed E-state index contributed by atoms with van der Waals surface area (Å²) in [5.41, 5.74) is 1.50. The van der Waals surface area contributed by atoms with E-state index in [2.05, 4.69) is 11.4 Å². The van der Waals surface area contributed by atoms with Crippen molar-refractivity contribution in [3.8, 4) is 6.07 Å². The van der Waals surface area contributed by atoms with Crippen LogP contribution in [0.1, 0.15) is 17.9 Å². The molecule has 0 saturated carbocycles. The molecule has 1 N–H and O–H groups in total. The van der Waals surface area contributed by atoms with Crippen LogP contribution < -0.4 is 5.32 Å². The van der Waals surface area contributed by atoms with Gasteiger partial charge in [-0.15, -0.1) is 11.8 Å². The van der Waals surface area contributed by atoms with Gasteiger partial charge in [-0.05, 0) is 24.0 Å². The Morgan fingerprint density at radius 2 is 2.33 bits per heavy atom. The molecule has 1 aliphatic heterocycles. The molecule has 0 fully saturated rings.